The fourth-order valence-corrected chi connectivity index (χ4v) is 5.98. The number of nitrogens with one attached hydrogen (secondary N) is 1. The Hall–Kier alpha value is -2.20. The number of nitrogens with zero attached hydrogens (tertiary/aromatic N) is 3. The summed E-state index contributed by atoms with van der Waals surface area (Å²) < 4.78 is 35.6. The summed E-state index contributed by atoms with van der Waals surface area (Å²) in [5.74, 6) is -0.246. The number of piperazine rings is 1. The summed E-state index contributed by atoms with van der Waals surface area (Å²) in [5.41, 5.74) is 0.913. The molecule has 3 heterocycles. The molecule has 0 radical (unpaired) electrons. The monoisotopic (exact) mass is 478 g/mol. The molecule has 2 aromatic carbocycles. The zero-order chi connectivity index (χ0) is 22.4. The molecule has 1 atom stereocenters. The molecule has 0 amide bonds. The molecule has 3 aromatic rings. The van der Waals surface area contributed by atoms with Crippen LogP contribution < -0.4 is 15.9 Å². The SMILES string of the molecule is CO[C@H]1CSc2c(-c3ccc(F)cc3F)c(Cl)cc3c(N4CCNCC4)nc(=O)n(c23)C1. The number of aromatic nitrogens is 2. The van der Waals surface area contributed by atoms with Gasteiger partial charge in [-0.2, -0.15) is 4.98 Å². The van der Waals surface area contributed by atoms with Gasteiger partial charge in [0.1, 0.15) is 17.5 Å². The van der Waals surface area contributed by atoms with E-state index in [0.29, 0.717) is 52.2 Å². The number of hydrogen-bond acceptors (Lipinski definition) is 6. The minimum Gasteiger partial charge on any atom is -0.379 e. The minimum atomic E-state index is -0.707. The van der Waals surface area contributed by atoms with E-state index < -0.39 is 11.6 Å². The van der Waals surface area contributed by atoms with Crippen LogP contribution in [0.25, 0.3) is 22.0 Å². The van der Waals surface area contributed by atoms with Gasteiger partial charge in [0.25, 0.3) is 0 Å². The molecule has 1 aromatic heterocycles. The van der Waals surface area contributed by atoms with Crippen LogP contribution in [0.15, 0.2) is 34.0 Å². The van der Waals surface area contributed by atoms with Gasteiger partial charge >= 0.3 is 5.69 Å². The van der Waals surface area contributed by atoms with Gasteiger partial charge in [0.15, 0.2) is 0 Å². The quantitative estimate of drug-likeness (QED) is 0.621. The van der Waals surface area contributed by atoms with E-state index in [1.165, 1.54) is 23.9 Å². The van der Waals surface area contributed by atoms with Crippen molar-refractivity contribution in [1.29, 1.82) is 0 Å². The number of benzene rings is 2. The van der Waals surface area contributed by atoms with Crippen molar-refractivity contribution in [3.05, 3.63) is 51.4 Å². The van der Waals surface area contributed by atoms with Gasteiger partial charge < -0.3 is 15.0 Å². The highest BCUT2D eigenvalue weighted by Crippen LogP contribution is 2.46. The molecule has 0 aliphatic carbocycles. The lowest BCUT2D eigenvalue weighted by molar-refractivity contribution is 0.107. The zero-order valence-corrected chi connectivity index (χ0v) is 18.9. The number of anilines is 1. The van der Waals surface area contributed by atoms with Crippen molar-refractivity contribution in [3.63, 3.8) is 0 Å². The Bertz CT molecular complexity index is 1260. The third kappa shape index (κ3) is 3.67. The highest BCUT2D eigenvalue weighted by Gasteiger charge is 2.29. The van der Waals surface area contributed by atoms with Crippen LogP contribution >= 0.6 is 23.4 Å². The van der Waals surface area contributed by atoms with Gasteiger partial charge in [-0.1, -0.05) is 11.6 Å². The minimum absolute atomic E-state index is 0.191. The predicted molar refractivity (Wildman–Crippen MR) is 123 cm³/mol. The Kier molecular flexibility index (Phi) is 5.83. The summed E-state index contributed by atoms with van der Waals surface area (Å²) >= 11 is 8.19. The second kappa shape index (κ2) is 8.62. The molecular formula is C22H21ClF2N4O2S. The van der Waals surface area contributed by atoms with Crippen molar-refractivity contribution in [2.75, 3.05) is 43.9 Å². The Balaban J connectivity index is 1.84. The highest BCUT2D eigenvalue weighted by atomic mass is 35.5. The molecule has 0 bridgehead atoms. The van der Waals surface area contributed by atoms with Crippen LogP contribution in [0, 0.1) is 11.6 Å². The molecule has 0 saturated carbocycles. The number of rotatable bonds is 3. The highest BCUT2D eigenvalue weighted by molar-refractivity contribution is 7.99. The lowest BCUT2D eigenvalue weighted by Crippen LogP contribution is -2.45. The van der Waals surface area contributed by atoms with E-state index in [1.807, 2.05) is 0 Å². The molecule has 1 saturated heterocycles. The van der Waals surface area contributed by atoms with Crippen LogP contribution in [-0.2, 0) is 11.3 Å². The molecule has 6 nitrogen and oxygen atoms in total. The smallest absolute Gasteiger partial charge is 0.350 e. The van der Waals surface area contributed by atoms with E-state index in [2.05, 4.69) is 15.2 Å². The van der Waals surface area contributed by atoms with E-state index in [9.17, 15) is 13.6 Å². The third-order valence-electron chi connectivity index (χ3n) is 5.90. The summed E-state index contributed by atoms with van der Waals surface area (Å²) in [6.45, 7) is 3.31. The van der Waals surface area contributed by atoms with Crippen molar-refractivity contribution < 1.29 is 13.5 Å². The van der Waals surface area contributed by atoms with Gasteiger partial charge in [-0.15, -0.1) is 11.8 Å². The lowest BCUT2D eigenvalue weighted by Gasteiger charge is -2.30. The van der Waals surface area contributed by atoms with Gasteiger partial charge in [0.05, 0.1) is 23.2 Å². The first-order chi connectivity index (χ1) is 15.5. The van der Waals surface area contributed by atoms with E-state index >= 15 is 0 Å². The Morgan fingerprint density at radius 2 is 2.03 bits per heavy atom. The van der Waals surface area contributed by atoms with E-state index in [0.717, 1.165) is 24.5 Å². The molecule has 10 heteroatoms. The molecule has 2 aliphatic rings. The van der Waals surface area contributed by atoms with E-state index in [4.69, 9.17) is 16.3 Å². The largest absolute Gasteiger partial charge is 0.379 e. The fraction of sp³-hybridized carbons (Fsp3) is 0.364. The molecule has 0 unspecified atom stereocenters. The van der Waals surface area contributed by atoms with Crippen LogP contribution in [-0.4, -0.2) is 54.7 Å². The standard InChI is InChI=1S/C22H21ClF2N4O2S/c1-31-13-10-29-19-15(21(27-22(29)30)28-6-4-26-5-7-28)9-16(23)18(20(19)32-11-13)14-3-2-12(24)8-17(14)25/h2-3,8-9,13,26H,4-7,10-11H2,1H3/t13-/m1/s1. The molecule has 32 heavy (non-hydrogen) atoms. The maximum atomic E-state index is 14.8. The number of methoxy groups -OCH3 is 1. The molecule has 168 valence electrons. The van der Waals surface area contributed by atoms with Crippen LogP contribution in [0.5, 0.6) is 0 Å². The fourth-order valence-electron chi connectivity index (χ4n) is 4.31. The van der Waals surface area contributed by atoms with Crippen LogP contribution in [0.2, 0.25) is 5.02 Å². The van der Waals surface area contributed by atoms with Gasteiger partial charge in [-0.05, 0) is 18.2 Å². The summed E-state index contributed by atoms with van der Waals surface area (Å²) in [7, 11) is 1.60. The van der Waals surface area contributed by atoms with Crippen LogP contribution in [0.3, 0.4) is 0 Å². The summed E-state index contributed by atoms with van der Waals surface area (Å²) in [6, 6.07) is 5.17. The molecule has 1 N–H and O–H groups in total. The predicted octanol–water partition coefficient (Wildman–Crippen LogP) is 3.53. The first kappa shape index (κ1) is 21.6. The third-order valence-corrected chi connectivity index (χ3v) is 7.42. The van der Waals surface area contributed by atoms with Gasteiger partial charge in [-0.3, -0.25) is 4.57 Å². The summed E-state index contributed by atoms with van der Waals surface area (Å²) in [4.78, 5) is 20.3. The molecular weight excluding hydrogens is 458 g/mol. The van der Waals surface area contributed by atoms with Crippen molar-refractivity contribution in [2.24, 2.45) is 0 Å². The average molecular weight is 479 g/mol. The van der Waals surface area contributed by atoms with Gasteiger partial charge in [-0.25, -0.2) is 13.6 Å². The number of halogens is 3. The average Bonchev–Trinajstić information content (AvgIpc) is 2.98. The zero-order valence-electron chi connectivity index (χ0n) is 17.3. The molecule has 1 fully saturated rings. The van der Waals surface area contributed by atoms with Gasteiger partial charge in [0.2, 0.25) is 0 Å². The van der Waals surface area contributed by atoms with E-state index in [1.54, 1.807) is 17.7 Å². The van der Waals surface area contributed by atoms with Crippen molar-refractivity contribution in [1.82, 2.24) is 14.9 Å². The Labute approximate surface area is 192 Å². The molecule has 2 aliphatic heterocycles. The van der Waals surface area contributed by atoms with E-state index in [-0.39, 0.29) is 17.4 Å². The number of hydrogen-bond donors (Lipinski definition) is 1. The molecule has 5 rings (SSSR count). The second-order valence-electron chi connectivity index (χ2n) is 7.82. The number of ether oxygens (including phenoxy) is 1. The molecule has 0 spiro atoms. The Morgan fingerprint density at radius 3 is 2.75 bits per heavy atom. The van der Waals surface area contributed by atoms with Crippen LogP contribution in [0.1, 0.15) is 0 Å². The van der Waals surface area contributed by atoms with Gasteiger partial charge in [0, 0.05) is 66.5 Å². The first-order valence-corrected chi connectivity index (χ1v) is 11.7. The maximum absolute atomic E-state index is 14.8. The number of thioether (sulfide) groups is 1. The van der Waals surface area contributed by atoms with Crippen LogP contribution in [0.4, 0.5) is 14.6 Å². The normalized spacial score (nSPS) is 18.8. The Morgan fingerprint density at radius 1 is 1.25 bits per heavy atom. The topological polar surface area (TPSA) is 59.4 Å². The van der Waals surface area contributed by atoms with Crippen molar-refractivity contribution >= 4 is 40.1 Å². The van der Waals surface area contributed by atoms with Crippen molar-refractivity contribution in [2.45, 2.75) is 17.5 Å². The van der Waals surface area contributed by atoms with Crippen molar-refractivity contribution in [3.8, 4) is 11.1 Å². The summed E-state index contributed by atoms with van der Waals surface area (Å²) in [5, 5.41) is 4.36. The summed E-state index contributed by atoms with van der Waals surface area (Å²) in [6.07, 6.45) is -0.232. The lowest BCUT2D eigenvalue weighted by atomic mass is 10.0. The maximum Gasteiger partial charge on any atom is 0.350 e. The second-order valence-corrected chi connectivity index (χ2v) is 9.25. The first-order valence-electron chi connectivity index (χ1n) is 10.3.